The third kappa shape index (κ3) is 25.1. The van der Waals surface area contributed by atoms with E-state index in [0.29, 0.717) is 58.8 Å². The molecule has 0 amide bonds. The first-order chi connectivity index (χ1) is 64.8. The molecule has 27 heteroatoms. The first-order valence-electron chi connectivity index (χ1n) is 50.0. The van der Waals surface area contributed by atoms with Gasteiger partial charge in [-0.05, 0) is 272 Å². The molecular formula is C108H154ClN3O23. The van der Waals surface area contributed by atoms with E-state index in [9.17, 15) is 29.2 Å². The molecule has 3 aromatic carbocycles. The van der Waals surface area contributed by atoms with E-state index in [0.717, 1.165) is 107 Å². The maximum Gasteiger partial charge on any atom is 0.315 e. The molecule has 6 saturated heterocycles. The van der Waals surface area contributed by atoms with E-state index >= 15 is 0 Å². The lowest BCUT2D eigenvalue weighted by molar-refractivity contribution is -0.314. The van der Waals surface area contributed by atoms with Crippen molar-refractivity contribution >= 4 is 41.1 Å². The second kappa shape index (κ2) is 48.7. The molecule has 2 unspecified atom stereocenters. The predicted octanol–water partition coefficient (Wildman–Crippen LogP) is 18.0. The number of methoxy groups -OCH3 is 6. The molecule has 3 aromatic rings. The highest BCUT2D eigenvalue weighted by Gasteiger charge is 2.57. The lowest BCUT2D eigenvalue weighted by Gasteiger charge is -2.44. The number of nitriles is 1. The maximum atomic E-state index is 14.7. The van der Waals surface area contributed by atoms with Gasteiger partial charge in [0.25, 0.3) is 0 Å². The van der Waals surface area contributed by atoms with Crippen molar-refractivity contribution in [1.29, 1.82) is 5.26 Å². The molecule has 746 valence electrons. The Bertz CT molecular complexity index is 4540. The molecule has 0 N–H and O–H groups in total. The minimum atomic E-state index is -1.04. The van der Waals surface area contributed by atoms with Crippen molar-refractivity contribution in [3.05, 3.63) is 142 Å². The number of ketones is 2. The van der Waals surface area contributed by atoms with Crippen LogP contribution in [0, 0.1) is 88.3 Å². The van der Waals surface area contributed by atoms with Crippen LogP contribution in [0.15, 0.2) is 126 Å². The summed E-state index contributed by atoms with van der Waals surface area (Å²) in [6.07, 6.45) is 18.4. The Balaban J connectivity index is 0.000000178. The number of nitrogens with zero attached hydrogens (tertiary/aromatic N) is 3. The number of rotatable bonds is 25. The fourth-order valence-corrected chi connectivity index (χ4v) is 24.5. The summed E-state index contributed by atoms with van der Waals surface area (Å²) >= 11 is 5.96. The average Bonchev–Trinajstić information content (AvgIpc) is 1.60. The predicted molar refractivity (Wildman–Crippen MR) is 510 cm³/mol. The number of halogens is 1. The highest BCUT2D eigenvalue weighted by Crippen LogP contribution is 2.58. The molecule has 6 aliphatic carbocycles. The van der Waals surface area contributed by atoms with E-state index < -0.39 is 42.8 Å². The number of ether oxygens (including phenoxy) is 18. The summed E-state index contributed by atoms with van der Waals surface area (Å²) in [5.41, 5.74) is 4.19. The Hall–Kier alpha value is -6.69. The lowest BCUT2D eigenvalue weighted by Crippen LogP contribution is -2.59. The zero-order valence-corrected chi connectivity index (χ0v) is 84.3. The number of hydrogen-bond donors (Lipinski definition) is 0. The number of hydrogen-bond acceptors (Lipinski definition) is 26. The zero-order valence-electron chi connectivity index (χ0n) is 83.6. The normalized spacial score (nSPS) is 38.2. The minimum Gasteiger partial charge on any atom is -0.462 e. The number of likely N-dealkylation sites (N-methyl/N-ethyl adjacent to an activating group) is 2. The fraction of sp³-hybridized carbons (Fsp3) is 0.704. The fourth-order valence-electron chi connectivity index (χ4n) is 24.4. The first kappa shape index (κ1) is 106. The van der Waals surface area contributed by atoms with Gasteiger partial charge in [0.2, 0.25) is 6.10 Å². The van der Waals surface area contributed by atoms with Crippen LogP contribution in [-0.4, -0.2) is 245 Å². The Morgan fingerprint density at radius 1 is 0.496 bits per heavy atom. The molecule has 36 atom stereocenters. The van der Waals surface area contributed by atoms with Crippen LogP contribution >= 0.6 is 11.6 Å². The van der Waals surface area contributed by atoms with E-state index in [1.54, 1.807) is 79.1 Å². The van der Waals surface area contributed by atoms with Crippen molar-refractivity contribution in [2.24, 2.45) is 76.9 Å². The van der Waals surface area contributed by atoms with Crippen LogP contribution in [0.3, 0.4) is 0 Å². The summed E-state index contributed by atoms with van der Waals surface area (Å²) in [6.45, 7) is 22.4. The van der Waals surface area contributed by atoms with Crippen LogP contribution in [0.1, 0.15) is 215 Å². The molecule has 2 saturated carbocycles. The highest BCUT2D eigenvalue weighted by atomic mass is 35.5. The van der Waals surface area contributed by atoms with E-state index in [1.807, 2.05) is 84.0 Å². The molecule has 135 heavy (non-hydrogen) atoms. The summed E-state index contributed by atoms with van der Waals surface area (Å²) < 4.78 is 111. The van der Waals surface area contributed by atoms with Gasteiger partial charge in [0.1, 0.15) is 66.4 Å². The van der Waals surface area contributed by atoms with Gasteiger partial charge >= 0.3 is 17.9 Å². The summed E-state index contributed by atoms with van der Waals surface area (Å²) in [4.78, 5) is 73.8. The van der Waals surface area contributed by atoms with E-state index in [4.69, 9.17) is 96.9 Å². The van der Waals surface area contributed by atoms with Crippen LogP contribution in [0.5, 0.6) is 11.5 Å². The van der Waals surface area contributed by atoms with Gasteiger partial charge in [-0.2, -0.15) is 5.26 Å². The van der Waals surface area contributed by atoms with Gasteiger partial charge < -0.3 is 95.1 Å². The van der Waals surface area contributed by atoms with E-state index in [-0.39, 0.29) is 199 Å². The van der Waals surface area contributed by atoms with Gasteiger partial charge in [0, 0.05) is 89.0 Å². The molecule has 6 heterocycles. The van der Waals surface area contributed by atoms with Crippen LogP contribution in [0.4, 0.5) is 0 Å². The SMILES string of the molecule is CC(C)C(C(=O)OC(C#N)c1cccc(Oc2ccccc2)c1)c1ccc(Cl)cc1.CC[C@H]1CCC[C@H](O[C@H]2CC[C@H](N(C)C)[C@@H](C)O2)[C@@H](C)C(=O)C2=C[C@@H]3[C@@H](C=C(C)[C@@H]4C[C@@H](O[C@@H]5O[C@@H](C)[C@H](OC)[C@@H](OC)[C@H]5OC)C[C@@H]34)[C@@H]2CC(=O)O1.CC[C@H]1CCC[C@H](O[C@H]2CC[C@H](N(C)C)[C@@H](C)O2)[C@@H](C)C(=O)C2=C[C@@H]3[C@@H](C=C[C@@H]4C[C@@H](O[C@@H]5O[C@@H](C)[C@H](OC)[C@@H](OC)[C@H]5OC)C[C@@H]34)[C@@H]2CC(=O)O1. The standard InChI is InChI=1S/C42H67NO10.C41H65NO10.C25H22ClNO3/c1-11-26-13-12-14-35(53-37-16-15-34(43(6)7)24(4)49-37)23(3)38(45)33-20-31-29(32(33)21-36(44)51-26)17-22(2)28-18-27(19-30(28)31)52-42-41(48-10)40(47-9)39(46-8)25(5)50-42;1-10-26-12-11-13-34(52-36-17-16-33(42(5)6)23(3)48-36)22(2)37(44)32-20-30-28(31(32)21-35(43)50-26)15-14-25-18-27(19-29(25)30)51-41-40(47-9)39(46-8)38(45-7)24(4)49-41;1-17(2)24(18-11-13-20(26)14-12-18)25(28)30-23(16-27)19-7-6-10-22(15-19)29-21-8-4-3-5-9-21/h17,20,23-32,34-35,37,39-42H,11-16,18-19,21H2,1-10H3;14-15,20,22-31,33-34,36,38-41H,10-13,16-19,21H2,1-9H3;3-15,17,23-24H,1-2H3/t23-,24-,25+,26+,27-,28+,29-,30-,31-,32+,34+,35+,37+,39+,40-,41-,42+;22-,23-,24+,25-,26+,27-,28-,29-,30-,31+,33+,34+,36+,38+,39-,40-,41+;/m11./s1. The van der Waals surface area contributed by atoms with E-state index in [2.05, 4.69) is 109 Å². The van der Waals surface area contributed by atoms with Crippen molar-refractivity contribution < 1.29 is 109 Å². The first-order valence-corrected chi connectivity index (χ1v) is 50.4. The maximum absolute atomic E-state index is 14.7. The molecule has 8 fully saturated rings. The number of fused-ring (bicyclic) bond motifs is 10. The Labute approximate surface area is 807 Å². The number of carbonyl (C=O) groups is 5. The summed E-state index contributed by atoms with van der Waals surface area (Å²) in [5, 5.41) is 10.2. The van der Waals surface area contributed by atoms with Gasteiger partial charge in [0.15, 0.2) is 36.7 Å². The molecular weight excluding hydrogens is 1740 g/mol. The zero-order chi connectivity index (χ0) is 96.9. The third-order valence-electron chi connectivity index (χ3n) is 31.6. The highest BCUT2D eigenvalue weighted by molar-refractivity contribution is 6.30. The van der Waals surface area contributed by atoms with Crippen LogP contribution in [0.25, 0.3) is 0 Å². The van der Waals surface area contributed by atoms with Crippen molar-refractivity contribution in [2.75, 3.05) is 70.8 Å². The van der Waals surface area contributed by atoms with E-state index in [1.165, 1.54) is 5.57 Å². The minimum absolute atomic E-state index is 0.00855. The summed E-state index contributed by atoms with van der Waals surface area (Å²) in [5.74, 6) is 0.318. The summed E-state index contributed by atoms with van der Waals surface area (Å²) in [6, 6.07) is 26.2. The molecule has 0 spiro atoms. The molecule has 0 aromatic heterocycles. The Kier molecular flexibility index (Phi) is 38.1. The van der Waals surface area contributed by atoms with Crippen LogP contribution < -0.4 is 4.74 Å². The topological polar surface area (TPSA) is 282 Å². The lowest BCUT2D eigenvalue weighted by atomic mass is 9.67. The third-order valence-corrected chi connectivity index (χ3v) is 31.8. The molecule has 0 bridgehead atoms. The van der Waals surface area contributed by atoms with Gasteiger partial charge in [0.05, 0.1) is 67.6 Å². The largest absolute Gasteiger partial charge is 0.462 e. The molecule has 6 aliphatic heterocycles. The number of cyclic esters (lactones) is 2. The second-order valence-electron chi connectivity index (χ2n) is 40.7. The second-order valence-corrected chi connectivity index (χ2v) is 41.1. The number of carbonyl (C=O) groups excluding carboxylic acids is 5. The smallest absolute Gasteiger partial charge is 0.315 e. The van der Waals surface area contributed by atoms with Crippen molar-refractivity contribution in [3.63, 3.8) is 0 Å². The van der Waals surface area contributed by atoms with Crippen molar-refractivity contribution in [2.45, 2.75) is 339 Å². The molecule has 12 aliphatic rings. The van der Waals surface area contributed by atoms with Gasteiger partial charge in [-0.3, -0.25) is 24.0 Å². The number of esters is 3. The number of para-hydroxylation sites is 1. The average molecular weight is 1900 g/mol. The van der Waals surface area contributed by atoms with Crippen LogP contribution in [0.2, 0.25) is 5.02 Å². The van der Waals surface area contributed by atoms with Gasteiger partial charge in [-0.25, -0.2) is 0 Å². The molecule has 15 rings (SSSR count). The number of allylic oxidation sites excluding steroid dienone is 8. The summed E-state index contributed by atoms with van der Waals surface area (Å²) in [7, 11) is 18.3. The van der Waals surface area contributed by atoms with Crippen LogP contribution in [-0.2, 0) is 104 Å². The Morgan fingerprint density at radius 2 is 0.978 bits per heavy atom. The number of benzene rings is 3. The van der Waals surface area contributed by atoms with Crippen molar-refractivity contribution in [3.8, 4) is 17.6 Å². The van der Waals surface area contributed by atoms with Crippen molar-refractivity contribution in [1.82, 2.24) is 9.80 Å². The van der Waals surface area contributed by atoms with Gasteiger partial charge in [-0.1, -0.05) is 132 Å². The quantitative estimate of drug-likeness (QED) is 0.0433. The monoisotopic (exact) mass is 1900 g/mol. The molecule has 26 nitrogen and oxygen atoms in total. The Morgan fingerprint density at radius 3 is 1.45 bits per heavy atom. The molecule has 0 radical (unpaired) electrons. The number of Topliss-reactive ketones (excluding diaryl/α,β-unsaturated/α-hetero) is 2. The van der Waals surface area contributed by atoms with Gasteiger partial charge in [-0.15, -0.1) is 0 Å².